The molecule has 2 aromatic heterocycles. The number of aryl methyl sites for hydroxylation is 1. The van der Waals surface area contributed by atoms with Gasteiger partial charge in [-0.2, -0.15) is 0 Å². The summed E-state index contributed by atoms with van der Waals surface area (Å²) in [6, 6.07) is 13.8. The lowest BCUT2D eigenvalue weighted by Gasteiger charge is -2.28. The molecule has 0 radical (unpaired) electrons. The number of hydrogen-bond donors (Lipinski definition) is 2. The van der Waals surface area contributed by atoms with Crippen LogP contribution in [0.1, 0.15) is 10.5 Å². The first-order valence-electron chi connectivity index (χ1n) is 10.4. The number of carbonyl (C=O) groups excluding carboxylic acids is 1. The summed E-state index contributed by atoms with van der Waals surface area (Å²) in [4.78, 5) is 27.9. The van der Waals surface area contributed by atoms with Crippen molar-refractivity contribution >= 4 is 34.1 Å². The number of amides is 1. The standard InChI is InChI=1S/C23H23N7O2/c1-29-14-26-20-17(3-2-4-19(20)29)18-13-25-23(21(28-18)22(24)31)27-15-5-7-16(8-6-15)30-9-11-32-12-10-30/h2-8,13-14H,9-12H2,1H3,(H2,24,31)(H,25,27). The smallest absolute Gasteiger partial charge is 0.271 e. The average molecular weight is 429 g/mol. The molecule has 5 rings (SSSR count). The maximum atomic E-state index is 12.2. The molecule has 2 aromatic carbocycles. The summed E-state index contributed by atoms with van der Waals surface area (Å²) in [6.45, 7) is 3.20. The number of rotatable bonds is 5. The molecule has 9 nitrogen and oxygen atoms in total. The van der Waals surface area contributed by atoms with Crippen molar-refractivity contribution in [3.8, 4) is 11.3 Å². The first-order chi connectivity index (χ1) is 15.6. The number of imidazole rings is 1. The van der Waals surface area contributed by atoms with Crippen LogP contribution in [0, 0.1) is 0 Å². The van der Waals surface area contributed by atoms with Gasteiger partial charge in [0.2, 0.25) is 0 Å². The number of hydrogen-bond acceptors (Lipinski definition) is 7. The van der Waals surface area contributed by atoms with E-state index in [9.17, 15) is 4.79 Å². The van der Waals surface area contributed by atoms with Crippen molar-refractivity contribution in [1.29, 1.82) is 0 Å². The Balaban J connectivity index is 1.44. The van der Waals surface area contributed by atoms with Crippen LogP contribution in [0.25, 0.3) is 22.3 Å². The molecule has 1 aliphatic rings. The van der Waals surface area contributed by atoms with E-state index in [2.05, 4.69) is 25.2 Å². The highest BCUT2D eigenvalue weighted by atomic mass is 16.5. The minimum Gasteiger partial charge on any atom is -0.378 e. The number of carbonyl (C=O) groups is 1. The molecule has 0 bridgehead atoms. The van der Waals surface area contributed by atoms with E-state index < -0.39 is 5.91 Å². The van der Waals surface area contributed by atoms with E-state index in [1.165, 1.54) is 0 Å². The van der Waals surface area contributed by atoms with E-state index in [-0.39, 0.29) is 5.69 Å². The topological polar surface area (TPSA) is 111 Å². The van der Waals surface area contributed by atoms with Crippen LogP contribution in [0.15, 0.2) is 55.0 Å². The van der Waals surface area contributed by atoms with Crippen LogP contribution in [0.3, 0.4) is 0 Å². The number of anilines is 3. The van der Waals surface area contributed by atoms with Gasteiger partial charge < -0.3 is 25.3 Å². The molecule has 1 saturated heterocycles. The van der Waals surface area contributed by atoms with Gasteiger partial charge >= 0.3 is 0 Å². The van der Waals surface area contributed by atoms with E-state index in [0.717, 1.165) is 54.3 Å². The number of nitrogens with two attached hydrogens (primary N) is 1. The van der Waals surface area contributed by atoms with Gasteiger partial charge in [0.15, 0.2) is 11.5 Å². The number of morpholine rings is 1. The normalized spacial score (nSPS) is 14.0. The second kappa shape index (κ2) is 8.27. The van der Waals surface area contributed by atoms with E-state index in [1.807, 2.05) is 54.1 Å². The van der Waals surface area contributed by atoms with Crippen molar-refractivity contribution in [2.45, 2.75) is 0 Å². The zero-order valence-electron chi connectivity index (χ0n) is 17.7. The number of ether oxygens (including phenoxy) is 1. The Morgan fingerprint density at radius 3 is 2.62 bits per heavy atom. The fourth-order valence-electron chi connectivity index (χ4n) is 3.86. The van der Waals surface area contributed by atoms with Gasteiger partial charge in [-0.25, -0.2) is 15.0 Å². The Morgan fingerprint density at radius 1 is 1.09 bits per heavy atom. The third-order valence-electron chi connectivity index (χ3n) is 5.54. The SMILES string of the molecule is Cn1cnc2c(-c3cnc(Nc4ccc(N5CCOCC5)cc4)c(C(N)=O)n3)cccc21. The molecule has 3 heterocycles. The molecular formula is C23H23N7O2. The predicted octanol–water partition coefficient (Wildman–Crippen LogP) is 2.71. The summed E-state index contributed by atoms with van der Waals surface area (Å²) in [6.07, 6.45) is 3.37. The monoisotopic (exact) mass is 429 g/mol. The molecule has 4 aromatic rings. The van der Waals surface area contributed by atoms with Crippen LogP contribution in [-0.4, -0.2) is 51.7 Å². The lowest BCUT2D eigenvalue weighted by molar-refractivity contribution is 0.0996. The van der Waals surface area contributed by atoms with Crippen molar-refractivity contribution < 1.29 is 9.53 Å². The molecule has 9 heteroatoms. The Labute approximate surface area is 184 Å². The molecule has 0 unspecified atom stereocenters. The summed E-state index contributed by atoms with van der Waals surface area (Å²) in [5, 5.41) is 3.17. The number of nitrogens with zero attached hydrogens (tertiary/aromatic N) is 5. The Morgan fingerprint density at radius 2 is 1.88 bits per heavy atom. The van der Waals surface area contributed by atoms with Crippen molar-refractivity contribution in [3.05, 3.63) is 60.7 Å². The highest BCUT2D eigenvalue weighted by Gasteiger charge is 2.17. The molecule has 0 spiro atoms. The van der Waals surface area contributed by atoms with Gasteiger partial charge in [0, 0.05) is 37.1 Å². The number of para-hydroxylation sites is 1. The van der Waals surface area contributed by atoms with Crippen LogP contribution in [-0.2, 0) is 11.8 Å². The number of aromatic nitrogens is 4. The highest BCUT2D eigenvalue weighted by molar-refractivity contribution is 5.98. The van der Waals surface area contributed by atoms with Crippen LogP contribution in [0.5, 0.6) is 0 Å². The predicted molar refractivity (Wildman–Crippen MR) is 123 cm³/mol. The fourth-order valence-corrected chi connectivity index (χ4v) is 3.86. The van der Waals surface area contributed by atoms with Gasteiger partial charge in [-0.05, 0) is 30.3 Å². The first kappa shape index (κ1) is 20.0. The molecule has 0 atom stereocenters. The second-order valence-electron chi connectivity index (χ2n) is 7.62. The quantitative estimate of drug-likeness (QED) is 0.502. The van der Waals surface area contributed by atoms with Crippen molar-refractivity contribution in [2.24, 2.45) is 12.8 Å². The number of benzene rings is 2. The Bertz CT molecular complexity index is 1280. The van der Waals surface area contributed by atoms with Gasteiger partial charge in [-0.1, -0.05) is 12.1 Å². The average Bonchev–Trinajstić information content (AvgIpc) is 3.21. The van der Waals surface area contributed by atoms with Gasteiger partial charge in [0.1, 0.15) is 0 Å². The summed E-state index contributed by atoms with van der Waals surface area (Å²) >= 11 is 0. The minimum absolute atomic E-state index is 0.0766. The van der Waals surface area contributed by atoms with Crippen LogP contribution < -0.4 is 16.0 Å². The molecule has 1 aliphatic heterocycles. The van der Waals surface area contributed by atoms with Crippen LogP contribution in [0.4, 0.5) is 17.2 Å². The molecule has 162 valence electrons. The summed E-state index contributed by atoms with van der Waals surface area (Å²) in [5.74, 6) is -0.339. The molecule has 0 saturated carbocycles. The van der Waals surface area contributed by atoms with E-state index in [1.54, 1.807) is 12.5 Å². The van der Waals surface area contributed by atoms with Gasteiger partial charge in [0.25, 0.3) is 5.91 Å². The first-order valence-corrected chi connectivity index (χ1v) is 10.4. The van der Waals surface area contributed by atoms with Gasteiger partial charge in [-0.3, -0.25) is 4.79 Å². The molecule has 1 fully saturated rings. The molecule has 3 N–H and O–H groups in total. The lowest BCUT2D eigenvalue weighted by atomic mass is 10.1. The van der Waals surface area contributed by atoms with E-state index >= 15 is 0 Å². The number of fused-ring (bicyclic) bond motifs is 1. The summed E-state index contributed by atoms with van der Waals surface area (Å²) in [5.41, 5.74) is 10.7. The van der Waals surface area contributed by atoms with Crippen molar-refractivity contribution in [1.82, 2.24) is 19.5 Å². The largest absolute Gasteiger partial charge is 0.378 e. The lowest BCUT2D eigenvalue weighted by Crippen LogP contribution is -2.36. The number of nitrogens with one attached hydrogen (secondary N) is 1. The molecule has 0 aliphatic carbocycles. The fraction of sp³-hybridized carbons (Fsp3) is 0.217. The third-order valence-corrected chi connectivity index (χ3v) is 5.54. The zero-order chi connectivity index (χ0) is 22.1. The van der Waals surface area contributed by atoms with Gasteiger partial charge in [0.05, 0.1) is 42.5 Å². The van der Waals surface area contributed by atoms with Gasteiger partial charge in [-0.15, -0.1) is 0 Å². The zero-order valence-corrected chi connectivity index (χ0v) is 17.7. The molecular weight excluding hydrogens is 406 g/mol. The summed E-state index contributed by atoms with van der Waals surface area (Å²) in [7, 11) is 1.93. The molecule has 32 heavy (non-hydrogen) atoms. The molecule has 1 amide bonds. The highest BCUT2D eigenvalue weighted by Crippen LogP contribution is 2.28. The van der Waals surface area contributed by atoms with Crippen LogP contribution >= 0.6 is 0 Å². The van der Waals surface area contributed by atoms with E-state index in [0.29, 0.717) is 11.5 Å². The third kappa shape index (κ3) is 3.74. The Hall–Kier alpha value is -3.98. The van der Waals surface area contributed by atoms with E-state index in [4.69, 9.17) is 10.5 Å². The summed E-state index contributed by atoms with van der Waals surface area (Å²) < 4.78 is 7.34. The maximum absolute atomic E-state index is 12.2. The van der Waals surface area contributed by atoms with Crippen molar-refractivity contribution in [3.63, 3.8) is 0 Å². The second-order valence-corrected chi connectivity index (χ2v) is 7.62. The van der Waals surface area contributed by atoms with Crippen LogP contribution in [0.2, 0.25) is 0 Å². The Kier molecular flexibility index (Phi) is 5.16. The van der Waals surface area contributed by atoms with Crippen molar-refractivity contribution in [2.75, 3.05) is 36.5 Å². The maximum Gasteiger partial charge on any atom is 0.271 e. The minimum atomic E-state index is -0.653. The number of primary amides is 1.